The van der Waals surface area contributed by atoms with Crippen molar-refractivity contribution in [2.45, 2.75) is 24.8 Å². The van der Waals surface area contributed by atoms with Gasteiger partial charge in [-0.15, -0.1) is 0 Å². The number of halogens is 3. The molecule has 7 heteroatoms. The van der Waals surface area contributed by atoms with Crippen LogP contribution >= 0.6 is 11.8 Å². The number of thioether (sulfide) groups is 1. The van der Waals surface area contributed by atoms with Crippen LogP contribution in [0.2, 0.25) is 0 Å². The molecule has 1 fully saturated rings. The van der Waals surface area contributed by atoms with Crippen molar-refractivity contribution < 1.29 is 13.2 Å². The van der Waals surface area contributed by atoms with Crippen molar-refractivity contribution in [2.24, 2.45) is 5.73 Å². The third kappa shape index (κ3) is 3.64. The number of nitrogens with two attached hydrogens (primary N) is 1. The molecule has 1 saturated heterocycles. The van der Waals surface area contributed by atoms with Gasteiger partial charge in [0.1, 0.15) is 5.84 Å². The van der Waals surface area contributed by atoms with Crippen molar-refractivity contribution >= 4 is 23.3 Å². The number of nitrogens with one attached hydrogen (secondary N) is 1. The second kappa shape index (κ2) is 6.17. The summed E-state index contributed by atoms with van der Waals surface area (Å²) in [7, 11) is 0. The summed E-state index contributed by atoms with van der Waals surface area (Å²) in [5, 5.41) is 7.89. The Kier molecular flexibility index (Phi) is 4.70. The van der Waals surface area contributed by atoms with E-state index in [1.54, 1.807) is 0 Å². The molecule has 116 valence electrons. The van der Waals surface area contributed by atoms with Gasteiger partial charge >= 0.3 is 6.18 Å². The Morgan fingerprint density at radius 3 is 2.76 bits per heavy atom. The number of hydrogen-bond donors (Lipinski definition) is 2. The Labute approximate surface area is 126 Å². The first-order chi connectivity index (χ1) is 9.82. The standard InChI is InChI=1S/C14H18F3N3S/c1-2-10-8-20(5-6-21-10)9-3-4-12(14(15,16)17)11(7-9)13(18)19/h3-4,7,10H,2,5-6,8H2,1H3,(H3,18,19). The first-order valence-electron chi connectivity index (χ1n) is 6.75. The molecule has 1 aliphatic rings. The van der Waals surface area contributed by atoms with E-state index < -0.39 is 17.6 Å². The van der Waals surface area contributed by atoms with Crippen LogP contribution in [-0.4, -0.2) is 29.9 Å². The van der Waals surface area contributed by atoms with Gasteiger partial charge in [0.15, 0.2) is 0 Å². The molecule has 21 heavy (non-hydrogen) atoms. The van der Waals surface area contributed by atoms with Gasteiger partial charge in [0.25, 0.3) is 0 Å². The van der Waals surface area contributed by atoms with Crippen molar-refractivity contribution in [2.75, 3.05) is 23.7 Å². The Bertz CT molecular complexity index is 531. The fraction of sp³-hybridized carbons (Fsp3) is 0.500. The topological polar surface area (TPSA) is 53.1 Å². The minimum atomic E-state index is -4.50. The van der Waals surface area contributed by atoms with E-state index in [1.165, 1.54) is 12.1 Å². The number of alkyl halides is 3. The Morgan fingerprint density at radius 2 is 2.19 bits per heavy atom. The zero-order valence-electron chi connectivity index (χ0n) is 11.7. The third-order valence-electron chi connectivity index (χ3n) is 3.56. The van der Waals surface area contributed by atoms with Crippen molar-refractivity contribution in [3.05, 3.63) is 29.3 Å². The van der Waals surface area contributed by atoms with Crippen LogP contribution in [0, 0.1) is 5.41 Å². The lowest BCUT2D eigenvalue weighted by Gasteiger charge is -2.34. The molecular weight excluding hydrogens is 299 g/mol. The SMILES string of the molecule is CCC1CN(c2ccc(C(F)(F)F)c(C(=N)N)c2)CCS1. The summed E-state index contributed by atoms with van der Waals surface area (Å²) in [6.07, 6.45) is -3.47. The van der Waals surface area contributed by atoms with E-state index in [1.807, 2.05) is 11.8 Å². The Morgan fingerprint density at radius 1 is 1.48 bits per heavy atom. The zero-order valence-corrected chi connectivity index (χ0v) is 12.5. The number of anilines is 1. The number of benzene rings is 1. The predicted octanol–water partition coefficient (Wildman–Crippen LogP) is 3.32. The number of nitrogens with zero attached hydrogens (tertiary/aromatic N) is 1. The maximum Gasteiger partial charge on any atom is 0.417 e. The lowest BCUT2D eigenvalue weighted by molar-refractivity contribution is -0.137. The molecule has 0 radical (unpaired) electrons. The smallest absolute Gasteiger partial charge is 0.384 e. The molecule has 3 N–H and O–H groups in total. The number of hydrogen-bond acceptors (Lipinski definition) is 3. The minimum Gasteiger partial charge on any atom is -0.384 e. The van der Waals surface area contributed by atoms with Gasteiger partial charge in [0.05, 0.1) is 5.56 Å². The summed E-state index contributed by atoms with van der Waals surface area (Å²) in [6, 6.07) is 3.88. The fourth-order valence-corrected chi connectivity index (χ4v) is 3.58. The normalized spacial score (nSPS) is 19.6. The van der Waals surface area contributed by atoms with E-state index in [9.17, 15) is 13.2 Å². The van der Waals surface area contributed by atoms with Gasteiger partial charge in [-0.2, -0.15) is 24.9 Å². The number of nitrogen functional groups attached to an aromatic ring is 1. The summed E-state index contributed by atoms with van der Waals surface area (Å²) in [5.74, 6) is 0.400. The Hall–Kier alpha value is -1.37. The highest BCUT2D eigenvalue weighted by Gasteiger charge is 2.34. The second-order valence-corrected chi connectivity index (χ2v) is 6.40. The molecule has 0 bridgehead atoms. The quantitative estimate of drug-likeness (QED) is 0.664. The van der Waals surface area contributed by atoms with Gasteiger partial charge in [-0.05, 0) is 24.6 Å². The van der Waals surface area contributed by atoms with Crippen molar-refractivity contribution in [1.82, 2.24) is 0 Å². The molecular formula is C14H18F3N3S. The highest BCUT2D eigenvalue weighted by Crippen LogP contribution is 2.35. The van der Waals surface area contributed by atoms with Crippen LogP contribution in [0.4, 0.5) is 18.9 Å². The fourth-order valence-electron chi connectivity index (χ4n) is 2.40. The Balaban J connectivity index is 2.34. The molecule has 1 aromatic carbocycles. The molecule has 2 rings (SSSR count). The first kappa shape index (κ1) is 16.0. The largest absolute Gasteiger partial charge is 0.417 e. The second-order valence-electron chi connectivity index (χ2n) is 4.99. The predicted molar refractivity (Wildman–Crippen MR) is 81.2 cm³/mol. The van der Waals surface area contributed by atoms with Crippen molar-refractivity contribution in [3.63, 3.8) is 0 Å². The van der Waals surface area contributed by atoms with E-state index in [4.69, 9.17) is 11.1 Å². The number of amidine groups is 1. The van der Waals surface area contributed by atoms with E-state index >= 15 is 0 Å². The molecule has 1 aromatic rings. The summed E-state index contributed by atoms with van der Waals surface area (Å²) in [5.41, 5.74) is 4.93. The van der Waals surface area contributed by atoms with E-state index in [0.29, 0.717) is 10.9 Å². The van der Waals surface area contributed by atoms with Crippen LogP contribution in [0.1, 0.15) is 24.5 Å². The lowest BCUT2D eigenvalue weighted by Crippen LogP contribution is -2.37. The maximum absolute atomic E-state index is 12.9. The molecule has 3 nitrogen and oxygen atoms in total. The van der Waals surface area contributed by atoms with Crippen LogP contribution in [0.3, 0.4) is 0 Å². The van der Waals surface area contributed by atoms with Crippen LogP contribution in [-0.2, 0) is 6.18 Å². The zero-order chi connectivity index (χ0) is 15.6. The van der Waals surface area contributed by atoms with E-state index in [-0.39, 0.29) is 5.56 Å². The highest BCUT2D eigenvalue weighted by atomic mass is 32.2. The van der Waals surface area contributed by atoms with Crippen LogP contribution in [0.25, 0.3) is 0 Å². The summed E-state index contributed by atoms with van der Waals surface area (Å²) >= 11 is 1.89. The molecule has 1 unspecified atom stereocenters. The monoisotopic (exact) mass is 317 g/mol. The molecule has 0 spiro atoms. The summed E-state index contributed by atoms with van der Waals surface area (Å²) < 4.78 is 38.8. The molecule has 0 aromatic heterocycles. The average Bonchev–Trinajstić information content (AvgIpc) is 2.45. The van der Waals surface area contributed by atoms with Crippen LogP contribution in [0.15, 0.2) is 18.2 Å². The van der Waals surface area contributed by atoms with E-state index in [2.05, 4.69) is 11.8 Å². The molecule has 1 atom stereocenters. The number of rotatable bonds is 3. The molecule has 1 heterocycles. The maximum atomic E-state index is 12.9. The van der Waals surface area contributed by atoms with Crippen LogP contribution in [0.5, 0.6) is 0 Å². The van der Waals surface area contributed by atoms with Gasteiger partial charge < -0.3 is 10.6 Å². The highest BCUT2D eigenvalue weighted by molar-refractivity contribution is 8.00. The molecule has 0 amide bonds. The third-order valence-corrected chi connectivity index (χ3v) is 4.93. The molecule has 0 saturated carbocycles. The van der Waals surface area contributed by atoms with E-state index in [0.717, 1.165) is 31.3 Å². The van der Waals surface area contributed by atoms with Gasteiger partial charge in [0, 0.05) is 35.3 Å². The molecule has 1 aliphatic heterocycles. The minimum absolute atomic E-state index is 0.244. The lowest BCUT2D eigenvalue weighted by atomic mass is 10.0. The van der Waals surface area contributed by atoms with Gasteiger partial charge in [-0.25, -0.2) is 0 Å². The first-order valence-corrected chi connectivity index (χ1v) is 7.80. The molecule has 0 aliphatic carbocycles. The summed E-state index contributed by atoms with van der Waals surface area (Å²) in [6.45, 7) is 3.71. The van der Waals surface area contributed by atoms with Gasteiger partial charge in [-0.3, -0.25) is 5.41 Å². The van der Waals surface area contributed by atoms with Gasteiger partial charge in [-0.1, -0.05) is 6.92 Å². The van der Waals surface area contributed by atoms with Crippen molar-refractivity contribution in [1.29, 1.82) is 5.41 Å². The summed E-state index contributed by atoms with van der Waals surface area (Å²) in [4.78, 5) is 2.07. The van der Waals surface area contributed by atoms with Crippen molar-refractivity contribution in [3.8, 4) is 0 Å². The van der Waals surface area contributed by atoms with Crippen LogP contribution < -0.4 is 10.6 Å². The van der Waals surface area contributed by atoms with Gasteiger partial charge in [0.2, 0.25) is 0 Å². The average molecular weight is 317 g/mol.